The summed E-state index contributed by atoms with van der Waals surface area (Å²) in [4.78, 5) is 36.3. The molecule has 0 atom stereocenters. The molecule has 0 aliphatic carbocycles. The summed E-state index contributed by atoms with van der Waals surface area (Å²) in [7, 11) is 0. The molecule has 0 aliphatic rings. The zero-order chi connectivity index (χ0) is 21.3. The van der Waals surface area contributed by atoms with Gasteiger partial charge in [-0.2, -0.15) is 0 Å². The van der Waals surface area contributed by atoms with Crippen LogP contribution in [0.5, 0.6) is 0 Å². The minimum Gasteiger partial charge on any atom is -0.326 e. The molecule has 0 heterocycles. The van der Waals surface area contributed by atoms with Crippen molar-refractivity contribution in [1.82, 2.24) is 10.9 Å². The van der Waals surface area contributed by atoms with Gasteiger partial charge in [0.2, 0.25) is 11.8 Å². The summed E-state index contributed by atoms with van der Waals surface area (Å²) in [6.45, 7) is 2.03. The van der Waals surface area contributed by atoms with Crippen molar-refractivity contribution in [2.45, 2.75) is 32.6 Å². The second-order valence-corrected chi connectivity index (χ2v) is 7.05. The Morgan fingerprint density at radius 2 is 1.53 bits per heavy atom. The first-order chi connectivity index (χ1) is 14.6. The van der Waals surface area contributed by atoms with Crippen LogP contribution in [-0.4, -0.2) is 17.7 Å². The second-order valence-electron chi connectivity index (χ2n) is 7.05. The number of carbonyl (C=O) groups is 3. The van der Waals surface area contributed by atoms with E-state index in [1.807, 2.05) is 49.4 Å². The molecule has 0 spiro atoms. The SMILES string of the molecule is CCCCC(=O)Nc1ccc(C(=O)NNC(=O)Cc2cccc3ccccc23)cc1. The van der Waals surface area contributed by atoms with Gasteiger partial charge in [0.05, 0.1) is 6.42 Å². The molecule has 6 nitrogen and oxygen atoms in total. The van der Waals surface area contributed by atoms with Crippen LogP contribution in [0.4, 0.5) is 5.69 Å². The van der Waals surface area contributed by atoms with E-state index < -0.39 is 5.91 Å². The molecule has 0 unspecified atom stereocenters. The Balaban J connectivity index is 1.52. The number of carbonyl (C=O) groups excluding carboxylic acids is 3. The summed E-state index contributed by atoms with van der Waals surface area (Å²) in [6, 6.07) is 20.2. The van der Waals surface area contributed by atoms with Crippen LogP contribution in [-0.2, 0) is 16.0 Å². The molecular formula is C24H25N3O3. The molecule has 3 aromatic carbocycles. The predicted molar refractivity (Wildman–Crippen MR) is 118 cm³/mol. The van der Waals surface area contributed by atoms with Crippen LogP contribution < -0.4 is 16.2 Å². The van der Waals surface area contributed by atoms with Crippen molar-refractivity contribution in [1.29, 1.82) is 0 Å². The van der Waals surface area contributed by atoms with Crippen molar-refractivity contribution >= 4 is 34.2 Å². The largest absolute Gasteiger partial charge is 0.326 e. The van der Waals surface area contributed by atoms with Crippen molar-refractivity contribution in [3.8, 4) is 0 Å². The number of rotatable bonds is 7. The maximum absolute atomic E-state index is 12.3. The van der Waals surface area contributed by atoms with Crippen molar-refractivity contribution in [3.63, 3.8) is 0 Å². The van der Waals surface area contributed by atoms with E-state index in [4.69, 9.17) is 0 Å². The topological polar surface area (TPSA) is 87.3 Å². The van der Waals surface area contributed by atoms with Gasteiger partial charge in [-0.1, -0.05) is 55.8 Å². The highest BCUT2D eigenvalue weighted by molar-refractivity contribution is 5.97. The van der Waals surface area contributed by atoms with E-state index in [2.05, 4.69) is 16.2 Å². The third-order valence-electron chi connectivity index (χ3n) is 4.73. The maximum Gasteiger partial charge on any atom is 0.269 e. The fraction of sp³-hybridized carbons (Fsp3) is 0.208. The fourth-order valence-electron chi connectivity index (χ4n) is 3.13. The Labute approximate surface area is 175 Å². The number of unbranched alkanes of at least 4 members (excludes halogenated alkanes) is 1. The molecule has 0 aromatic heterocycles. The summed E-state index contributed by atoms with van der Waals surface area (Å²) < 4.78 is 0. The minimum absolute atomic E-state index is 0.0465. The molecule has 30 heavy (non-hydrogen) atoms. The highest BCUT2D eigenvalue weighted by Gasteiger charge is 2.10. The van der Waals surface area contributed by atoms with Crippen molar-refractivity contribution in [3.05, 3.63) is 77.9 Å². The number of hydrogen-bond donors (Lipinski definition) is 3. The number of amides is 3. The Bertz CT molecular complexity index is 1040. The predicted octanol–water partition coefficient (Wildman–Crippen LogP) is 3.97. The lowest BCUT2D eigenvalue weighted by molar-refractivity contribution is -0.121. The average Bonchev–Trinajstić information content (AvgIpc) is 2.77. The summed E-state index contributed by atoms with van der Waals surface area (Å²) in [5, 5.41) is 4.87. The fourth-order valence-corrected chi connectivity index (χ4v) is 3.13. The van der Waals surface area contributed by atoms with Crippen LogP contribution in [0.3, 0.4) is 0 Å². The summed E-state index contributed by atoms with van der Waals surface area (Å²) in [5.74, 6) is -0.778. The number of fused-ring (bicyclic) bond motifs is 1. The zero-order valence-corrected chi connectivity index (χ0v) is 16.9. The Morgan fingerprint density at radius 1 is 0.800 bits per heavy atom. The van der Waals surface area contributed by atoms with Gasteiger partial charge in [-0.25, -0.2) is 0 Å². The van der Waals surface area contributed by atoms with Crippen LogP contribution in [0.1, 0.15) is 42.1 Å². The third-order valence-corrected chi connectivity index (χ3v) is 4.73. The van der Waals surface area contributed by atoms with E-state index in [0.717, 1.165) is 29.2 Å². The normalized spacial score (nSPS) is 10.4. The molecule has 154 valence electrons. The molecule has 3 aromatic rings. The minimum atomic E-state index is -0.426. The zero-order valence-electron chi connectivity index (χ0n) is 16.9. The van der Waals surface area contributed by atoms with Crippen LogP contribution in [0.2, 0.25) is 0 Å². The lowest BCUT2D eigenvalue weighted by atomic mass is 10.0. The number of nitrogens with one attached hydrogen (secondary N) is 3. The van der Waals surface area contributed by atoms with E-state index in [1.54, 1.807) is 24.3 Å². The van der Waals surface area contributed by atoms with E-state index in [1.165, 1.54) is 0 Å². The summed E-state index contributed by atoms with van der Waals surface area (Å²) >= 11 is 0. The van der Waals surface area contributed by atoms with E-state index >= 15 is 0 Å². The maximum atomic E-state index is 12.3. The first-order valence-corrected chi connectivity index (χ1v) is 10.0. The van der Waals surface area contributed by atoms with Crippen molar-refractivity contribution < 1.29 is 14.4 Å². The molecule has 3 amide bonds. The number of hydrazine groups is 1. The quantitative estimate of drug-likeness (QED) is 0.522. The average molecular weight is 403 g/mol. The monoisotopic (exact) mass is 403 g/mol. The highest BCUT2D eigenvalue weighted by atomic mass is 16.2. The van der Waals surface area contributed by atoms with Gasteiger partial charge in [0.1, 0.15) is 0 Å². The molecule has 0 saturated heterocycles. The van der Waals surface area contributed by atoms with Gasteiger partial charge in [-0.3, -0.25) is 25.2 Å². The Hall–Kier alpha value is -3.67. The molecule has 6 heteroatoms. The highest BCUT2D eigenvalue weighted by Crippen LogP contribution is 2.18. The first kappa shape index (κ1) is 21.0. The van der Waals surface area contributed by atoms with Gasteiger partial charge in [-0.15, -0.1) is 0 Å². The van der Waals surface area contributed by atoms with Gasteiger partial charge in [-0.05, 0) is 47.0 Å². The van der Waals surface area contributed by atoms with E-state index in [0.29, 0.717) is 17.7 Å². The van der Waals surface area contributed by atoms with Crippen molar-refractivity contribution in [2.75, 3.05) is 5.32 Å². The number of benzene rings is 3. The first-order valence-electron chi connectivity index (χ1n) is 10.0. The van der Waals surface area contributed by atoms with E-state index in [9.17, 15) is 14.4 Å². The molecule has 0 fully saturated rings. The molecule has 0 radical (unpaired) electrons. The third kappa shape index (κ3) is 5.67. The van der Waals surface area contributed by atoms with Crippen molar-refractivity contribution in [2.24, 2.45) is 0 Å². The van der Waals surface area contributed by atoms with Crippen LogP contribution >= 0.6 is 0 Å². The smallest absolute Gasteiger partial charge is 0.269 e. The lowest BCUT2D eigenvalue weighted by Gasteiger charge is -2.10. The molecule has 0 aliphatic heterocycles. The Kier molecular flexibility index (Phi) is 7.16. The molecule has 3 rings (SSSR count). The van der Waals surface area contributed by atoms with Gasteiger partial charge in [0, 0.05) is 17.7 Å². The van der Waals surface area contributed by atoms with Gasteiger partial charge in [0.25, 0.3) is 5.91 Å². The molecule has 0 saturated carbocycles. The van der Waals surface area contributed by atoms with Crippen LogP contribution in [0.15, 0.2) is 66.7 Å². The van der Waals surface area contributed by atoms with Crippen LogP contribution in [0, 0.1) is 0 Å². The second kappa shape index (κ2) is 10.2. The summed E-state index contributed by atoms with van der Waals surface area (Å²) in [5.41, 5.74) is 6.79. The van der Waals surface area contributed by atoms with Crippen LogP contribution in [0.25, 0.3) is 10.8 Å². The number of hydrogen-bond acceptors (Lipinski definition) is 3. The summed E-state index contributed by atoms with van der Waals surface area (Å²) in [6.07, 6.45) is 2.43. The molecule has 0 bridgehead atoms. The Morgan fingerprint density at radius 3 is 2.30 bits per heavy atom. The van der Waals surface area contributed by atoms with Gasteiger partial charge in [0.15, 0.2) is 0 Å². The molecular weight excluding hydrogens is 378 g/mol. The van der Waals surface area contributed by atoms with Gasteiger partial charge >= 0.3 is 0 Å². The number of anilines is 1. The van der Waals surface area contributed by atoms with E-state index in [-0.39, 0.29) is 18.2 Å². The lowest BCUT2D eigenvalue weighted by Crippen LogP contribution is -2.42. The van der Waals surface area contributed by atoms with Gasteiger partial charge < -0.3 is 5.32 Å². The molecule has 3 N–H and O–H groups in total. The standard InChI is InChI=1S/C24H25N3O3/c1-2-3-11-22(28)25-20-14-12-18(13-15-20)24(30)27-26-23(29)16-19-9-6-8-17-7-4-5-10-21(17)19/h4-10,12-15H,2-3,11,16H2,1H3,(H,25,28)(H,26,29)(H,27,30).